The zero-order valence-electron chi connectivity index (χ0n) is 15.1. The number of likely N-dealkylation sites (tertiary alicyclic amines) is 1. The number of guanidine groups is 1. The molecule has 1 aromatic rings. The normalized spacial score (nSPS) is 18.5. The van der Waals surface area contributed by atoms with E-state index in [1.54, 1.807) is 18.4 Å². The highest BCUT2D eigenvalue weighted by Crippen LogP contribution is 2.16. The van der Waals surface area contributed by atoms with E-state index < -0.39 is 0 Å². The summed E-state index contributed by atoms with van der Waals surface area (Å²) in [4.78, 5) is 22.1. The quantitative estimate of drug-likeness (QED) is 0.633. The second-order valence-electron chi connectivity index (χ2n) is 6.56. The Balaban J connectivity index is 1.69. The van der Waals surface area contributed by atoms with Crippen LogP contribution in [-0.2, 0) is 11.2 Å². The van der Waals surface area contributed by atoms with Gasteiger partial charge >= 0.3 is 0 Å². The molecule has 134 valence electrons. The Morgan fingerprint density at radius 1 is 1.54 bits per heavy atom. The molecule has 0 radical (unpaired) electrons. The van der Waals surface area contributed by atoms with Crippen molar-refractivity contribution in [3.63, 3.8) is 0 Å². The summed E-state index contributed by atoms with van der Waals surface area (Å²) in [5, 5.41) is 5.42. The number of nitrogens with zero attached hydrogens (tertiary/aromatic N) is 3. The van der Waals surface area contributed by atoms with E-state index in [9.17, 15) is 4.79 Å². The fraction of sp³-hybridized carbons (Fsp3) is 0.667. The summed E-state index contributed by atoms with van der Waals surface area (Å²) < 4.78 is 0. The van der Waals surface area contributed by atoms with Crippen molar-refractivity contribution in [1.82, 2.24) is 15.1 Å². The molecule has 1 saturated heterocycles. The molecule has 1 aliphatic rings. The summed E-state index contributed by atoms with van der Waals surface area (Å²) in [7, 11) is 3.83. The number of amides is 1. The summed E-state index contributed by atoms with van der Waals surface area (Å²) in [5.74, 6) is 1.74. The first-order chi connectivity index (χ1) is 11.6. The second kappa shape index (κ2) is 9.67. The molecule has 1 amide bonds. The van der Waals surface area contributed by atoms with Crippen molar-refractivity contribution in [1.29, 1.82) is 0 Å². The third-order valence-corrected chi connectivity index (χ3v) is 5.41. The summed E-state index contributed by atoms with van der Waals surface area (Å²) >= 11 is 1.78. The lowest BCUT2D eigenvalue weighted by molar-refractivity contribution is -0.132. The highest BCUT2D eigenvalue weighted by molar-refractivity contribution is 7.09. The third-order valence-electron chi connectivity index (χ3n) is 4.48. The van der Waals surface area contributed by atoms with Gasteiger partial charge in [-0.15, -0.1) is 11.3 Å². The fourth-order valence-electron chi connectivity index (χ4n) is 3.08. The van der Waals surface area contributed by atoms with Gasteiger partial charge in [-0.3, -0.25) is 9.79 Å². The van der Waals surface area contributed by atoms with Crippen LogP contribution in [0.5, 0.6) is 0 Å². The molecule has 0 spiro atoms. The molecule has 0 aliphatic carbocycles. The van der Waals surface area contributed by atoms with Crippen molar-refractivity contribution in [2.45, 2.75) is 32.6 Å². The van der Waals surface area contributed by atoms with E-state index >= 15 is 0 Å². The minimum Gasteiger partial charge on any atom is -0.356 e. The van der Waals surface area contributed by atoms with Crippen LogP contribution in [0.15, 0.2) is 22.5 Å². The molecule has 24 heavy (non-hydrogen) atoms. The number of thiophene rings is 1. The maximum absolute atomic E-state index is 12.3. The van der Waals surface area contributed by atoms with Crippen LogP contribution in [0.2, 0.25) is 0 Å². The van der Waals surface area contributed by atoms with E-state index in [0.29, 0.717) is 18.9 Å². The van der Waals surface area contributed by atoms with Gasteiger partial charge in [0.15, 0.2) is 5.96 Å². The predicted molar refractivity (Wildman–Crippen MR) is 102 cm³/mol. The number of piperidine rings is 1. The largest absolute Gasteiger partial charge is 0.356 e. The number of aliphatic imine (C=N–C) groups is 1. The van der Waals surface area contributed by atoms with Crippen molar-refractivity contribution < 1.29 is 4.79 Å². The average molecular weight is 351 g/mol. The van der Waals surface area contributed by atoms with Crippen LogP contribution in [-0.4, -0.2) is 61.9 Å². The smallest absolute Gasteiger partial charge is 0.224 e. The number of hydrogen-bond donors (Lipinski definition) is 1. The summed E-state index contributed by atoms with van der Waals surface area (Å²) in [5.41, 5.74) is 0. The van der Waals surface area contributed by atoms with E-state index in [4.69, 9.17) is 0 Å². The Labute approximate surface area is 149 Å². The molecule has 0 aromatic carbocycles. The number of likely N-dealkylation sites (N-methyl/N-ethyl adjacent to an activating group) is 1. The molecule has 1 fully saturated rings. The highest BCUT2D eigenvalue weighted by atomic mass is 32.1. The molecule has 1 aromatic heterocycles. The molecule has 6 heteroatoms. The molecule has 5 nitrogen and oxygen atoms in total. The minimum atomic E-state index is 0.255. The monoisotopic (exact) mass is 350 g/mol. The molecule has 0 saturated carbocycles. The molecule has 1 N–H and O–H groups in total. The number of rotatable bonds is 6. The number of hydrogen-bond acceptors (Lipinski definition) is 3. The highest BCUT2D eigenvalue weighted by Gasteiger charge is 2.20. The lowest BCUT2D eigenvalue weighted by atomic mass is 10.00. The van der Waals surface area contributed by atoms with Gasteiger partial charge in [0.1, 0.15) is 0 Å². The first-order valence-electron chi connectivity index (χ1n) is 8.82. The predicted octanol–water partition coefficient (Wildman–Crippen LogP) is 2.45. The standard InChI is InChI=1S/C18H30N4OS/c1-15-6-4-11-22(14-15)17(23)8-10-20-18(19-2)21(3)12-9-16-7-5-13-24-16/h5,7,13,15H,4,6,8-12,14H2,1-3H3,(H,19,20). The first kappa shape index (κ1) is 18.8. The van der Waals surface area contributed by atoms with Crippen LogP contribution in [0.3, 0.4) is 0 Å². The fourth-order valence-corrected chi connectivity index (χ4v) is 3.78. The number of nitrogens with one attached hydrogen (secondary N) is 1. The van der Waals surface area contributed by atoms with Crippen LogP contribution in [0, 0.1) is 5.92 Å². The van der Waals surface area contributed by atoms with E-state index in [2.05, 4.69) is 39.6 Å². The van der Waals surface area contributed by atoms with Gasteiger partial charge in [0.2, 0.25) is 5.91 Å². The summed E-state index contributed by atoms with van der Waals surface area (Å²) in [6, 6.07) is 4.24. The van der Waals surface area contributed by atoms with E-state index in [0.717, 1.165) is 38.4 Å². The van der Waals surface area contributed by atoms with Gasteiger partial charge in [0.25, 0.3) is 0 Å². The maximum atomic E-state index is 12.3. The lowest BCUT2D eigenvalue weighted by Crippen LogP contribution is -2.43. The van der Waals surface area contributed by atoms with E-state index in [1.807, 2.05) is 11.9 Å². The Bertz CT molecular complexity index is 529. The Morgan fingerprint density at radius 2 is 2.38 bits per heavy atom. The van der Waals surface area contributed by atoms with Gasteiger partial charge in [0, 0.05) is 51.6 Å². The number of carbonyl (C=O) groups is 1. The Kier molecular flexibility index (Phi) is 7.56. The van der Waals surface area contributed by atoms with E-state index in [1.165, 1.54) is 11.3 Å². The zero-order chi connectivity index (χ0) is 17.4. The molecule has 0 bridgehead atoms. The topological polar surface area (TPSA) is 47.9 Å². The van der Waals surface area contributed by atoms with Crippen LogP contribution in [0.1, 0.15) is 31.1 Å². The molecular weight excluding hydrogens is 320 g/mol. The van der Waals surface area contributed by atoms with Crippen LogP contribution >= 0.6 is 11.3 Å². The van der Waals surface area contributed by atoms with Crippen molar-refractivity contribution in [3.8, 4) is 0 Å². The van der Waals surface area contributed by atoms with Crippen LogP contribution < -0.4 is 5.32 Å². The molecular formula is C18H30N4OS. The molecule has 1 aliphatic heterocycles. The van der Waals surface area contributed by atoms with Gasteiger partial charge < -0.3 is 15.1 Å². The van der Waals surface area contributed by atoms with Gasteiger partial charge in [-0.25, -0.2) is 0 Å². The molecule has 1 unspecified atom stereocenters. The molecule has 1 atom stereocenters. The van der Waals surface area contributed by atoms with Crippen molar-refractivity contribution >= 4 is 23.2 Å². The molecule has 2 heterocycles. The average Bonchev–Trinajstić information content (AvgIpc) is 3.10. The maximum Gasteiger partial charge on any atom is 0.224 e. The van der Waals surface area contributed by atoms with Crippen molar-refractivity contribution in [2.24, 2.45) is 10.9 Å². The number of carbonyl (C=O) groups excluding carboxylic acids is 1. The second-order valence-corrected chi connectivity index (χ2v) is 7.59. The van der Waals surface area contributed by atoms with Gasteiger partial charge in [-0.05, 0) is 36.6 Å². The van der Waals surface area contributed by atoms with Gasteiger partial charge in [0.05, 0.1) is 0 Å². The minimum absolute atomic E-state index is 0.255. The van der Waals surface area contributed by atoms with Gasteiger partial charge in [-0.2, -0.15) is 0 Å². The van der Waals surface area contributed by atoms with Crippen LogP contribution in [0.25, 0.3) is 0 Å². The summed E-state index contributed by atoms with van der Waals surface area (Å²) in [6.45, 7) is 5.60. The van der Waals surface area contributed by atoms with Crippen molar-refractivity contribution in [2.75, 3.05) is 40.3 Å². The Hall–Kier alpha value is -1.56. The van der Waals surface area contributed by atoms with Gasteiger partial charge in [-0.1, -0.05) is 13.0 Å². The summed E-state index contributed by atoms with van der Waals surface area (Å²) in [6.07, 6.45) is 3.92. The van der Waals surface area contributed by atoms with Crippen LogP contribution in [0.4, 0.5) is 0 Å². The molecule has 2 rings (SSSR count). The van der Waals surface area contributed by atoms with Crippen molar-refractivity contribution in [3.05, 3.63) is 22.4 Å². The van der Waals surface area contributed by atoms with E-state index in [-0.39, 0.29) is 5.91 Å². The third kappa shape index (κ3) is 5.82. The first-order valence-corrected chi connectivity index (χ1v) is 9.70. The Morgan fingerprint density at radius 3 is 3.04 bits per heavy atom. The zero-order valence-corrected chi connectivity index (χ0v) is 15.9. The SMILES string of the molecule is CN=C(NCCC(=O)N1CCCC(C)C1)N(C)CCc1cccs1. The lowest BCUT2D eigenvalue weighted by Gasteiger charge is -2.31.